The number of thioether (sulfide) groups is 2. The third kappa shape index (κ3) is 35.5. The average molecular weight is 896 g/mol. The molecule has 0 saturated heterocycles. The molecule has 11 heteroatoms. The Morgan fingerprint density at radius 3 is 1.21 bits per heavy atom. The average Bonchev–Trinajstić information content (AvgIpc) is 3.11. The van der Waals surface area contributed by atoms with Gasteiger partial charge in [-0.05, 0) is 0 Å². The van der Waals surface area contributed by atoms with E-state index in [1.54, 1.807) is 0 Å². The molecule has 0 amide bonds. The Bertz CT molecular complexity index is 846. The Morgan fingerprint density at radius 2 is 0.830 bits per heavy atom. The molecule has 0 fully saturated rings. The van der Waals surface area contributed by atoms with Crippen LogP contribution in [-0.2, 0) is 34.8 Å². The van der Waals surface area contributed by atoms with Crippen LogP contribution >= 0.6 is 23.5 Å². The first-order valence-electron chi connectivity index (χ1n) is 21.4. The van der Waals surface area contributed by atoms with Gasteiger partial charge in [0.1, 0.15) is 0 Å². The van der Waals surface area contributed by atoms with Crippen molar-refractivity contribution in [1.29, 1.82) is 0 Å². The minimum atomic E-state index is -4.69. The van der Waals surface area contributed by atoms with E-state index in [-0.39, 0.29) is 45.2 Å². The summed E-state index contributed by atoms with van der Waals surface area (Å²) in [7, 11) is 0. The third-order valence-electron chi connectivity index (χ3n) is 9.12. The van der Waals surface area contributed by atoms with Crippen molar-refractivity contribution in [3.8, 4) is 0 Å². The van der Waals surface area contributed by atoms with E-state index in [0.717, 1.165) is 75.7 Å². The molecule has 0 rings (SSSR count). The minimum absolute atomic E-state index is 0.00866. The zero-order valence-electron chi connectivity index (χ0n) is 35.0. The Balaban J connectivity index is 5.53. The van der Waals surface area contributed by atoms with E-state index in [1.807, 2.05) is 0 Å². The van der Waals surface area contributed by atoms with Gasteiger partial charge >= 0.3 is 341 Å². The predicted octanol–water partition coefficient (Wildman–Crippen LogP) is 12.0. The molecule has 0 atom stereocenters. The summed E-state index contributed by atoms with van der Waals surface area (Å²) >= 11 is -1.64. The first-order valence-corrected chi connectivity index (χ1v) is 30.1. The van der Waals surface area contributed by atoms with E-state index < -0.39 is 31.1 Å². The van der Waals surface area contributed by atoms with E-state index in [2.05, 4.69) is 41.5 Å². The summed E-state index contributed by atoms with van der Waals surface area (Å²) in [6, 6.07) is 0. The Kier molecular flexibility index (Phi) is 36.6. The van der Waals surface area contributed by atoms with Gasteiger partial charge in [0.05, 0.1) is 0 Å². The number of carbonyl (C=O) groups excluding carboxylic acids is 4. The Morgan fingerprint density at radius 1 is 0.472 bits per heavy atom. The summed E-state index contributed by atoms with van der Waals surface area (Å²) in [6.07, 6.45) is 22.1. The monoisotopic (exact) mass is 896 g/mol. The van der Waals surface area contributed by atoms with E-state index in [0.29, 0.717) is 25.0 Å². The molecule has 53 heavy (non-hydrogen) atoms. The van der Waals surface area contributed by atoms with Gasteiger partial charge in [-0.15, -0.1) is 0 Å². The van der Waals surface area contributed by atoms with Crippen molar-refractivity contribution in [2.24, 2.45) is 11.8 Å². The van der Waals surface area contributed by atoms with Crippen LogP contribution in [0.1, 0.15) is 183 Å². The molecule has 0 aromatic heterocycles. The van der Waals surface area contributed by atoms with E-state index in [4.69, 9.17) is 15.6 Å². The van der Waals surface area contributed by atoms with E-state index in [9.17, 15) is 19.2 Å². The van der Waals surface area contributed by atoms with Gasteiger partial charge in [0.25, 0.3) is 0 Å². The molecule has 0 spiro atoms. The fourth-order valence-corrected chi connectivity index (χ4v) is 16.1. The van der Waals surface area contributed by atoms with Gasteiger partial charge < -0.3 is 0 Å². The van der Waals surface area contributed by atoms with Gasteiger partial charge in [-0.25, -0.2) is 0 Å². The van der Waals surface area contributed by atoms with Crippen LogP contribution in [0.3, 0.4) is 0 Å². The van der Waals surface area contributed by atoms with Crippen LogP contribution in [0.15, 0.2) is 0 Å². The Hall–Kier alpha value is -0.621. The molecule has 0 aliphatic rings. The number of esters is 2. The number of carbonyl (C=O) groups is 4. The maximum atomic E-state index is 13.3. The molecule has 0 aliphatic carbocycles. The van der Waals surface area contributed by atoms with Crippen molar-refractivity contribution in [3.05, 3.63) is 0 Å². The van der Waals surface area contributed by atoms with Crippen molar-refractivity contribution in [1.82, 2.24) is 0 Å². The van der Waals surface area contributed by atoms with Gasteiger partial charge in [0, 0.05) is 0 Å². The summed E-state index contributed by atoms with van der Waals surface area (Å²) in [5.74, 6) is 1.74. The number of hydrogen-bond acceptors (Lipinski definition) is 10. The van der Waals surface area contributed by atoms with Crippen molar-refractivity contribution >= 4 is 66.6 Å². The van der Waals surface area contributed by atoms with Crippen LogP contribution < -0.4 is 0 Å². The topological polar surface area (TPSA) is 105 Å². The van der Waals surface area contributed by atoms with Crippen LogP contribution in [0.4, 0.5) is 0 Å². The maximum absolute atomic E-state index is 13.3. The number of hydrogen-bond donors (Lipinski definition) is 0. The second-order valence-electron chi connectivity index (χ2n) is 15.4. The quantitative estimate of drug-likeness (QED) is 0.0338. The summed E-state index contributed by atoms with van der Waals surface area (Å²) in [6.45, 7) is 14.0. The van der Waals surface area contributed by atoms with Crippen LogP contribution in [0, 0.1) is 11.8 Å². The normalized spacial score (nSPS) is 11.6. The molecule has 0 unspecified atom stereocenters. The van der Waals surface area contributed by atoms with Gasteiger partial charge in [-0.2, -0.15) is 0 Å². The van der Waals surface area contributed by atoms with Crippen molar-refractivity contribution in [3.63, 3.8) is 0 Å². The third-order valence-corrected chi connectivity index (χ3v) is 20.4. The molecule has 8 nitrogen and oxygen atoms in total. The second kappa shape index (κ2) is 37.0. The summed E-state index contributed by atoms with van der Waals surface area (Å²) in [4.78, 5) is 52.5. The van der Waals surface area contributed by atoms with Gasteiger partial charge in [0.15, 0.2) is 0 Å². The summed E-state index contributed by atoms with van der Waals surface area (Å²) < 4.78 is 23.7. The SMILES string of the molecule is CCCCCCCCOC(=O)C[CH2][Sn]([CH2]CC(=O)OCCCCCCCC)([O]C(=O)CSCCCCCC(C)C)[O]C(=O)CSCCCCCC(C)C. The number of ether oxygens (including phenoxy) is 2. The van der Waals surface area contributed by atoms with Gasteiger partial charge in [-0.3, -0.25) is 0 Å². The van der Waals surface area contributed by atoms with E-state index in [1.165, 1.54) is 87.7 Å². The van der Waals surface area contributed by atoms with Crippen LogP contribution in [-0.4, -0.2) is 79.3 Å². The molecule has 0 aromatic carbocycles. The predicted molar refractivity (Wildman–Crippen MR) is 227 cm³/mol. The molecule has 0 saturated carbocycles. The molecule has 312 valence electrons. The molecule has 0 aromatic rings. The van der Waals surface area contributed by atoms with Crippen LogP contribution in [0.25, 0.3) is 0 Å². The molecule has 0 radical (unpaired) electrons. The second-order valence-corrected chi connectivity index (χ2v) is 26.9. The van der Waals surface area contributed by atoms with Gasteiger partial charge in [-0.1, -0.05) is 0 Å². The molecular formula is C42H80O8S2Sn. The zero-order valence-corrected chi connectivity index (χ0v) is 39.4. The molecule has 0 aliphatic heterocycles. The Labute approximate surface area is 339 Å². The summed E-state index contributed by atoms with van der Waals surface area (Å²) in [5, 5.41) is 0. The number of rotatable bonds is 38. The van der Waals surface area contributed by atoms with Crippen LogP contribution in [0.5, 0.6) is 0 Å². The first-order chi connectivity index (χ1) is 25.5. The zero-order chi connectivity index (χ0) is 39.4. The molecule has 0 N–H and O–H groups in total. The molecular weight excluding hydrogens is 815 g/mol. The number of unbranched alkanes of at least 4 members (excludes halogenated alkanes) is 14. The standard InChI is InChI=1S/2C11H21O2.2C10H20O2S.Sn/c2*1-3-5-6-7-8-9-10-13-11(12)4-2;2*1-9(2)6-4-3-5-7-13-8-10(11)12;/h2*2-10H2,1H3;2*9H,3-8H2,1-2H3,(H,11,12);/q;;;;+2/p-2. The van der Waals surface area contributed by atoms with Crippen LogP contribution in [0.2, 0.25) is 8.87 Å². The molecule has 0 heterocycles. The fraction of sp³-hybridized carbons (Fsp3) is 0.905. The van der Waals surface area contributed by atoms with Crippen molar-refractivity contribution in [2.75, 3.05) is 36.2 Å². The van der Waals surface area contributed by atoms with E-state index >= 15 is 0 Å². The fourth-order valence-electron chi connectivity index (χ4n) is 5.87. The first kappa shape index (κ1) is 52.4. The van der Waals surface area contributed by atoms with Crippen molar-refractivity contribution < 1.29 is 34.8 Å². The van der Waals surface area contributed by atoms with Crippen molar-refractivity contribution in [2.45, 2.75) is 192 Å². The van der Waals surface area contributed by atoms with Gasteiger partial charge in [0.2, 0.25) is 0 Å². The summed E-state index contributed by atoms with van der Waals surface area (Å²) in [5.41, 5.74) is 0. The molecule has 0 bridgehead atoms.